The van der Waals surface area contributed by atoms with E-state index in [4.69, 9.17) is 21.4 Å². The van der Waals surface area contributed by atoms with Gasteiger partial charge in [0.25, 0.3) is 0 Å². The fraction of sp³-hybridized carbons (Fsp3) is 0.115. The molecule has 2 aliphatic heterocycles. The van der Waals surface area contributed by atoms with Crippen LogP contribution < -0.4 is 4.74 Å². The average Bonchev–Trinajstić information content (AvgIpc) is 3.25. The first-order valence-electron chi connectivity index (χ1n) is 10.3. The molecule has 0 spiro atoms. The molecule has 32 heavy (non-hydrogen) atoms. The maximum Gasteiger partial charge on any atom is 0.215 e. The monoisotopic (exact) mass is 566 g/mol. The minimum absolute atomic E-state index is 0.0512. The highest BCUT2D eigenvalue weighted by molar-refractivity contribution is 9.11. The van der Waals surface area contributed by atoms with Crippen LogP contribution in [0.1, 0.15) is 35.4 Å². The first-order chi connectivity index (χ1) is 15.6. The summed E-state index contributed by atoms with van der Waals surface area (Å²) in [5.74, 6) is 0.842. The second-order valence-corrected chi connectivity index (χ2v) is 10.2. The highest BCUT2D eigenvalue weighted by Crippen LogP contribution is 2.51. The van der Waals surface area contributed by atoms with Crippen LogP contribution in [0.3, 0.4) is 0 Å². The molecule has 4 aromatic rings. The fourth-order valence-electron chi connectivity index (χ4n) is 4.54. The number of hydrogen-bond donors (Lipinski definition) is 0. The molecule has 0 aromatic heterocycles. The van der Waals surface area contributed by atoms with E-state index < -0.39 is 6.23 Å². The Morgan fingerprint density at radius 1 is 0.875 bits per heavy atom. The van der Waals surface area contributed by atoms with Crippen molar-refractivity contribution in [3.63, 3.8) is 0 Å². The van der Waals surface area contributed by atoms with Gasteiger partial charge in [0.15, 0.2) is 0 Å². The van der Waals surface area contributed by atoms with E-state index in [1.54, 1.807) is 0 Å². The zero-order valence-electron chi connectivity index (χ0n) is 16.8. The lowest BCUT2D eigenvalue weighted by molar-refractivity contribution is -0.0196. The number of benzene rings is 4. The van der Waals surface area contributed by atoms with Crippen LogP contribution in [-0.2, 0) is 0 Å². The molecule has 2 heterocycles. The maximum absolute atomic E-state index is 6.58. The molecule has 158 valence electrons. The Balaban J connectivity index is 1.49. The fourth-order valence-corrected chi connectivity index (χ4v) is 6.12. The van der Waals surface area contributed by atoms with Gasteiger partial charge in [-0.15, -0.1) is 0 Å². The smallest absolute Gasteiger partial charge is 0.215 e. The summed E-state index contributed by atoms with van der Waals surface area (Å²) in [6.07, 6.45) is 0.384. The van der Waals surface area contributed by atoms with E-state index in [-0.39, 0.29) is 6.04 Å². The first-order valence-corrected chi connectivity index (χ1v) is 12.3. The molecule has 3 nitrogen and oxygen atoms in total. The molecule has 2 aliphatic rings. The Morgan fingerprint density at radius 2 is 1.66 bits per heavy atom. The van der Waals surface area contributed by atoms with Crippen LogP contribution in [0.2, 0.25) is 5.02 Å². The second kappa shape index (κ2) is 7.91. The van der Waals surface area contributed by atoms with Gasteiger partial charge < -0.3 is 4.74 Å². The SMILES string of the molecule is Clc1ccccc1[C@H]1Oc2c(Br)cc(Br)cc2[C@@H]2CC(c3ccc4ccccc4c3)=NN12. The van der Waals surface area contributed by atoms with Crippen molar-refractivity contribution < 1.29 is 4.74 Å². The van der Waals surface area contributed by atoms with Gasteiger partial charge >= 0.3 is 0 Å². The molecule has 0 unspecified atom stereocenters. The third kappa shape index (κ3) is 3.35. The summed E-state index contributed by atoms with van der Waals surface area (Å²) in [7, 11) is 0. The van der Waals surface area contributed by atoms with Crippen molar-refractivity contribution in [2.75, 3.05) is 0 Å². The average molecular weight is 569 g/mol. The topological polar surface area (TPSA) is 24.8 Å². The Labute approximate surface area is 207 Å². The van der Waals surface area contributed by atoms with Crippen LogP contribution in [0.4, 0.5) is 0 Å². The second-order valence-electron chi connectivity index (χ2n) is 8.01. The summed E-state index contributed by atoms with van der Waals surface area (Å²) in [4.78, 5) is 0. The molecule has 6 heteroatoms. The number of fused-ring (bicyclic) bond motifs is 4. The molecule has 0 aliphatic carbocycles. The molecule has 0 amide bonds. The van der Waals surface area contributed by atoms with Crippen molar-refractivity contribution in [3.05, 3.63) is 110 Å². The Morgan fingerprint density at radius 3 is 2.50 bits per heavy atom. The van der Waals surface area contributed by atoms with E-state index in [2.05, 4.69) is 85.4 Å². The van der Waals surface area contributed by atoms with Gasteiger partial charge in [-0.1, -0.05) is 82.1 Å². The minimum Gasteiger partial charge on any atom is -0.463 e. The molecule has 2 atom stereocenters. The maximum atomic E-state index is 6.58. The first kappa shape index (κ1) is 20.3. The lowest BCUT2D eigenvalue weighted by Gasteiger charge is -2.39. The largest absolute Gasteiger partial charge is 0.463 e. The highest BCUT2D eigenvalue weighted by atomic mass is 79.9. The third-order valence-corrected chi connectivity index (χ3v) is 7.45. The van der Waals surface area contributed by atoms with Gasteiger partial charge in [-0.3, -0.25) is 0 Å². The Hall–Kier alpha value is -2.34. The molecular formula is C26H17Br2ClN2O. The molecule has 0 radical (unpaired) electrons. The van der Waals surface area contributed by atoms with Gasteiger partial charge in [-0.2, -0.15) is 5.10 Å². The van der Waals surface area contributed by atoms with E-state index in [0.29, 0.717) is 5.02 Å². The van der Waals surface area contributed by atoms with E-state index in [1.807, 2.05) is 30.3 Å². The van der Waals surface area contributed by atoms with Crippen molar-refractivity contribution >= 4 is 59.9 Å². The van der Waals surface area contributed by atoms with Crippen molar-refractivity contribution in [1.29, 1.82) is 0 Å². The summed E-state index contributed by atoms with van der Waals surface area (Å²) in [5, 5.41) is 10.2. The van der Waals surface area contributed by atoms with Crippen LogP contribution >= 0.6 is 43.5 Å². The van der Waals surface area contributed by atoms with Gasteiger partial charge in [0.05, 0.1) is 16.2 Å². The molecule has 0 bridgehead atoms. The third-order valence-electron chi connectivity index (χ3n) is 6.06. The van der Waals surface area contributed by atoms with Crippen molar-refractivity contribution in [2.45, 2.75) is 18.7 Å². The van der Waals surface area contributed by atoms with Crippen molar-refractivity contribution in [3.8, 4) is 5.75 Å². The summed E-state index contributed by atoms with van der Waals surface area (Å²) < 4.78 is 8.44. The molecule has 0 N–H and O–H groups in total. The number of hydrogen-bond acceptors (Lipinski definition) is 3. The molecule has 0 saturated carbocycles. The normalized spacial score (nSPS) is 19.3. The number of hydrazone groups is 1. The van der Waals surface area contributed by atoms with E-state index >= 15 is 0 Å². The van der Waals surface area contributed by atoms with Gasteiger partial charge in [0.1, 0.15) is 5.75 Å². The molecule has 0 fully saturated rings. The van der Waals surface area contributed by atoms with Crippen molar-refractivity contribution in [1.82, 2.24) is 5.01 Å². The van der Waals surface area contributed by atoms with Gasteiger partial charge in [0.2, 0.25) is 6.23 Å². The van der Waals surface area contributed by atoms with Crippen LogP contribution in [0, 0.1) is 0 Å². The quantitative estimate of drug-likeness (QED) is 0.243. The molecular weight excluding hydrogens is 552 g/mol. The standard InChI is InChI=1S/C26H17Br2ClN2O/c27-18-12-20-24-14-23(17-10-9-15-5-1-2-6-16(15)11-17)30-31(24)26(32-25(20)21(28)13-18)19-7-3-4-8-22(19)29/h1-13,24,26H,14H2/t24-,26+/m0/s1. The lowest BCUT2D eigenvalue weighted by Crippen LogP contribution is -2.34. The van der Waals surface area contributed by atoms with Gasteiger partial charge in [-0.05, 0) is 56.5 Å². The summed E-state index contributed by atoms with van der Waals surface area (Å²) >= 11 is 13.9. The lowest BCUT2D eigenvalue weighted by atomic mass is 9.95. The summed E-state index contributed by atoms with van der Waals surface area (Å²) in [6, 6.07) is 26.9. The Kier molecular flexibility index (Phi) is 5.01. The van der Waals surface area contributed by atoms with Gasteiger partial charge in [0, 0.05) is 27.0 Å². The number of nitrogens with zero attached hydrogens (tertiary/aromatic N) is 2. The van der Waals surface area contributed by atoms with E-state index in [9.17, 15) is 0 Å². The van der Waals surface area contributed by atoms with Crippen LogP contribution in [0.5, 0.6) is 5.75 Å². The number of halogens is 3. The van der Waals surface area contributed by atoms with E-state index in [1.165, 1.54) is 10.8 Å². The summed E-state index contributed by atoms with van der Waals surface area (Å²) in [5.41, 5.74) is 4.19. The van der Waals surface area contributed by atoms with Crippen LogP contribution in [0.15, 0.2) is 92.9 Å². The molecule has 6 rings (SSSR count). The zero-order valence-corrected chi connectivity index (χ0v) is 20.7. The predicted octanol–water partition coefficient (Wildman–Crippen LogP) is 8.26. The predicted molar refractivity (Wildman–Crippen MR) is 136 cm³/mol. The van der Waals surface area contributed by atoms with E-state index in [0.717, 1.165) is 43.5 Å². The number of ether oxygens (including phenoxy) is 1. The van der Waals surface area contributed by atoms with Gasteiger partial charge in [-0.25, -0.2) is 5.01 Å². The molecule has 4 aromatic carbocycles. The molecule has 0 saturated heterocycles. The van der Waals surface area contributed by atoms with Crippen LogP contribution in [0.25, 0.3) is 10.8 Å². The van der Waals surface area contributed by atoms with Crippen LogP contribution in [-0.4, -0.2) is 10.7 Å². The minimum atomic E-state index is -0.406. The summed E-state index contributed by atoms with van der Waals surface area (Å²) in [6.45, 7) is 0. The highest BCUT2D eigenvalue weighted by Gasteiger charge is 2.42. The number of rotatable bonds is 2. The van der Waals surface area contributed by atoms with Crippen molar-refractivity contribution in [2.24, 2.45) is 5.10 Å². The Bertz CT molecular complexity index is 1400. The zero-order chi connectivity index (χ0) is 21.8.